The van der Waals surface area contributed by atoms with Crippen LogP contribution in [0.4, 0.5) is 4.79 Å². The molecule has 0 aromatic heterocycles. The predicted molar refractivity (Wildman–Crippen MR) is 63.5 cm³/mol. The van der Waals surface area contributed by atoms with Gasteiger partial charge in [-0.2, -0.15) is 0 Å². The molecule has 0 radical (unpaired) electrons. The number of hydrogen-bond donors (Lipinski definition) is 3. The molecule has 0 aliphatic rings. The second-order valence-corrected chi connectivity index (χ2v) is 3.61. The Kier molecular flexibility index (Phi) is 5.00. The average molecular weight is 236 g/mol. The van der Waals surface area contributed by atoms with Crippen molar-refractivity contribution in [2.45, 2.75) is 25.9 Å². The van der Waals surface area contributed by atoms with E-state index >= 15 is 0 Å². The first-order chi connectivity index (χ1) is 8.13. The minimum Gasteiger partial charge on any atom is -0.480 e. The summed E-state index contributed by atoms with van der Waals surface area (Å²) in [6.45, 7) is 2.08. The smallest absolute Gasteiger partial charge is 0.326 e. The van der Waals surface area contributed by atoms with Crippen molar-refractivity contribution in [2.24, 2.45) is 0 Å². The van der Waals surface area contributed by atoms with Gasteiger partial charge in [0.1, 0.15) is 6.04 Å². The van der Waals surface area contributed by atoms with Crippen molar-refractivity contribution in [3.63, 3.8) is 0 Å². The monoisotopic (exact) mass is 236 g/mol. The molecule has 0 saturated carbocycles. The largest absolute Gasteiger partial charge is 0.480 e. The zero-order chi connectivity index (χ0) is 12.7. The van der Waals surface area contributed by atoms with Crippen LogP contribution in [0.1, 0.15) is 18.9 Å². The van der Waals surface area contributed by atoms with Crippen LogP contribution >= 0.6 is 0 Å². The summed E-state index contributed by atoms with van der Waals surface area (Å²) in [6.07, 6.45) is 0.355. The van der Waals surface area contributed by atoms with Gasteiger partial charge in [-0.25, -0.2) is 9.59 Å². The summed E-state index contributed by atoms with van der Waals surface area (Å²) in [4.78, 5) is 22.1. The van der Waals surface area contributed by atoms with E-state index in [9.17, 15) is 9.59 Å². The fourth-order valence-electron chi connectivity index (χ4n) is 1.33. The van der Waals surface area contributed by atoms with E-state index in [4.69, 9.17) is 5.11 Å². The van der Waals surface area contributed by atoms with Crippen molar-refractivity contribution in [3.05, 3.63) is 35.9 Å². The molecule has 92 valence electrons. The molecule has 0 aliphatic carbocycles. The Hall–Kier alpha value is -2.04. The number of carbonyl (C=O) groups excluding carboxylic acids is 1. The van der Waals surface area contributed by atoms with E-state index in [0.717, 1.165) is 5.56 Å². The second kappa shape index (κ2) is 6.52. The van der Waals surface area contributed by atoms with Crippen LogP contribution < -0.4 is 10.6 Å². The lowest BCUT2D eigenvalue weighted by molar-refractivity contribution is -0.139. The van der Waals surface area contributed by atoms with Crippen molar-refractivity contribution >= 4 is 12.0 Å². The normalized spacial score (nSPS) is 11.6. The number of hydrogen-bond acceptors (Lipinski definition) is 2. The molecule has 5 heteroatoms. The Labute approximate surface area is 99.8 Å². The highest BCUT2D eigenvalue weighted by molar-refractivity contribution is 5.82. The molecule has 1 rings (SSSR count). The van der Waals surface area contributed by atoms with Crippen molar-refractivity contribution < 1.29 is 14.7 Å². The maximum atomic E-state index is 11.4. The van der Waals surface area contributed by atoms with Crippen molar-refractivity contribution in [3.8, 4) is 0 Å². The lowest BCUT2D eigenvalue weighted by Gasteiger charge is -2.13. The number of carbonyl (C=O) groups is 2. The third kappa shape index (κ3) is 4.55. The molecule has 0 fully saturated rings. The van der Waals surface area contributed by atoms with E-state index in [-0.39, 0.29) is 0 Å². The van der Waals surface area contributed by atoms with Gasteiger partial charge in [-0.1, -0.05) is 37.3 Å². The van der Waals surface area contributed by atoms with Crippen LogP contribution in [0.5, 0.6) is 0 Å². The maximum Gasteiger partial charge on any atom is 0.326 e. The van der Waals surface area contributed by atoms with E-state index < -0.39 is 18.0 Å². The molecule has 2 amide bonds. The van der Waals surface area contributed by atoms with Gasteiger partial charge in [0, 0.05) is 6.54 Å². The SMILES string of the molecule is CC[C@@H](NC(=O)NCc1ccccc1)C(=O)O. The summed E-state index contributed by atoms with van der Waals surface area (Å²) in [5.41, 5.74) is 0.964. The molecular formula is C12H16N2O3. The lowest BCUT2D eigenvalue weighted by atomic mass is 10.2. The molecule has 5 nitrogen and oxygen atoms in total. The number of benzene rings is 1. The average Bonchev–Trinajstić information content (AvgIpc) is 2.34. The van der Waals surface area contributed by atoms with Crippen LogP contribution in [0.25, 0.3) is 0 Å². The summed E-state index contributed by atoms with van der Waals surface area (Å²) in [5, 5.41) is 13.8. The highest BCUT2D eigenvalue weighted by Crippen LogP contribution is 1.97. The van der Waals surface area contributed by atoms with E-state index in [1.54, 1.807) is 6.92 Å². The Bertz CT molecular complexity index is 379. The fourth-order valence-corrected chi connectivity index (χ4v) is 1.33. The van der Waals surface area contributed by atoms with Crippen LogP contribution in [-0.2, 0) is 11.3 Å². The van der Waals surface area contributed by atoms with Crippen LogP contribution in [0.2, 0.25) is 0 Å². The van der Waals surface area contributed by atoms with E-state index in [1.807, 2.05) is 30.3 Å². The first kappa shape index (κ1) is 13.0. The zero-order valence-electron chi connectivity index (χ0n) is 9.64. The standard InChI is InChI=1S/C12H16N2O3/c1-2-10(11(15)16)14-12(17)13-8-9-6-4-3-5-7-9/h3-7,10H,2,8H2,1H3,(H,15,16)(H2,13,14,17)/t10-/m1/s1. The highest BCUT2D eigenvalue weighted by Gasteiger charge is 2.16. The summed E-state index contributed by atoms with van der Waals surface area (Å²) in [7, 11) is 0. The van der Waals surface area contributed by atoms with E-state index in [0.29, 0.717) is 13.0 Å². The zero-order valence-corrected chi connectivity index (χ0v) is 9.64. The number of urea groups is 1. The summed E-state index contributed by atoms with van der Waals surface area (Å²) in [6, 6.07) is 8.10. The van der Waals surface area contributed by atoms with Gasteiger partial charge >= 0.3 is 12.0 Å². The molecule has 1 atom stereocenters. The lowest BCUT2D eigenvalue weighted by Crippen LogP contribution is -2.45. The summed E-state index contributed by atoms with van der Waals surface area (Å²) in [5.74, 6) is -1.03. The van der Waals surface area contributed by atoms with Crippen LogP contribution in [-0.4, -0.2) is 23.1 Å². The molecule has 0 spiro atoms. The van der Waals surface area contributed by atoms with Crippen LogP contribution in [0, 0.1) is 0 Å². The number of nitrogens with one attached hydrogen (secondary N) is 2. The fraction of sp³-hybridized carbons (Fsp3) is 0.333. The topological polar surface area (TPSA) is 78.4 Å². The van der Waals surface area contributed by atoms with Crippen molar-refractivity contribution in [1.29, 1.82) is 0 Å². The number of amides is 2. The van der Waals surface area contributed by atoms with Gasteiger partial charge in [0.05, 0.1) is 0 Å². The summed E-state index contributed by atoms with van der Waals surface area (Å²) < 4.78 is 0. The molecule has 3 N–H and O–H groups in total. The molecule has 0 aliphatic heterocycles. The molecule has 1 aromatic rings. The predicted octanol–water partition coefficient (Wildman–Crippen LogP) is 1.35. The molecule has 1 aromatic carbocycles. The third-order valence-electron chi connectivity index (χ3n) is 2.31. The number of carboxylic acids is 1. The molecule has 0 unspecified atom stereocenters. The second-order valence-electron chi connectivity index (χ2n) is 3.61. The minimum absolute atomic E-state index is 0.355. The third-order valence-corrected chi connectivity index (χ3v) is 2.31. The van der Waals surface area contributed by atoms with Crippen molar-refractivity contribution in [2.75, 3.05) is 0 Å². The Balaban J connectivity index is 2.37. The Morgan fingerprint density at radius 2 is 1.94 bits per heavy atom. The van der Waals surface area contributed by atoms with Gasteiger partial charge in [0.25, 0.3) is 0 Å². The maximum absolute atomic E-state index is 11.4. The minimum atomic E-state index is -1.03. The first-order valence-corrected chi connectivity index (χ1v) is 5.44. The summed E-state index contributed by atoms with van der Waals surface area (Å²) >= 11 is 0. The number of rotatable bonds is 5. The number of aliphatic carboxylic acids is 1. The van der Waals surface area contributed by atoms with Gasteiger partial charge < -0.3 is 15.7 Å². The van der Waals surface area contributed by atoms with Gasteiger partial charge in [-0.3, -0.25) is 0 Å². The van der Waals surface area contributed by atoms with Gasteiger partial charge in [-0.15, -0.1) is 0 Å². The van der Waals surface area contributed by atoms with Crippen LogP contribution in [0.15, 0.2) is 30.3 Å². The van der Waals surface area contributed by atoms with E-state index in [1.165, 1.54) is 0 Å². The molecule has 17 heavy (non-hydrogen) atoms. The quantitative estimate of drug-likeness (QED) is 0.722. The Morgan fingerprint density at radius 1 is 1.29 bits per heavy atom. The molecule has 0 saturated heterocycles. The molecule has 0 heterocycles. The van der Waals surface area contributed by atoms with E-state index in [2.05, 4.69) is 10.6 Å². The van der Waals surface area contributed by atoms with Crippen LogP contribution in [0.3, 0.4) is 0 Å². The number of carboxylic acid groups (broad SMARTS) is 1. The Morgan fingerprint density at radius 3 is 2.47 bits per heavy atom. The van der Waals surface area contributed by atoms with Gasteiger partial charge in [0.2, 0.25) is 0 Å². The highest BCUT2D eigenvalue weighted by atomic mass is 16.4. The first-order valence-electron chi connectivity index (χ1n) is 5.44. The van der Waals surface area contributed by atoms with Gasteiger partial charge in [-0.05, 0) is 12.0 Å². The van der Waals surface area contributed by atoms with Crippen molar-refractivity contribution in [1.82, 2.24) is 10.6 Å². The molecule has 0 bridgehead atoms. The van der Waals surface area contributed by atoms with Gasteiger partial charge in [0.15, 0.2) is 0 Å². The molecular weight excluding hydrogens is 220 g/mol.